The quantitative estimate of drug-likeness (QED) is 0.730. The molecule has 1 fully saturated rings. The van der Waals surface area contributed by atoms with Gasteiger partial charge in [-0.3, -0.25) is 9.48 Å². The van der Waals surface area contributed by atoms with Crippen molar-refractivity contribution in [2.45, 2.75) is 32.2 Å². The van der Waals surface area contributed by atoms with Crippen molar-refractivity contribution >= 4 is 5.91 Å². The molecule has 4 rings (SSSR count). The molecule has 0 saturated carbocycles. The van der Waals surface area contributed by atoms with Gasteiger partial charge in [0.05, 0.1) is 30.6 Å². The lowest BCUT2D eigenvalue weighted by Gasteiger charge is -2.23. The van der Waals surface area contributed by atoms with Crippen LogP contribution in [0.5, 0.6) is 0 Å². The van der Waals surface area contributed by atoms with Gasteiger partial charge in [0.25, 0.3) is 5.89 Å². The van der Waals surface area contributed by atoms with E-state index in [1.54, 1.807) is 23.1 Å². The topological polar surface area (TPSA) is 77.3 Å². The Labute approximate surface area is 145 Å². The zero-order chi connectivity index (χ0) is 17.4. The van der Waals surface area contributed by atoms with Gasteiger partial charge in [-0.15, -0.1) is 0 Å². The number of hydrogen-bond acceptors (Lipinski definition) is 5. The molecule has 3 aromatic rings. The van der Waals surface area contributed by atoms with E-state index in [0.717, 1.165) is 24.9 Å². The third-order valence-corrected chi connectivity index (χ3v) is 4.63. The summed E-state index contributed by atoms with van der Waals surface area (Å²) in [7, 11) is 1.89. The Kier molecular flexibility index (Phi) is 3.91. The summed E-state index contributed by atoms with van der Waals surface area (Å²) in [5, 5.41) is 4.23. The Balaban J connectivity index is 1.52. The summed E-state index contributed by atoms with van der Waals surface area (Å²) in [6.45, 7) is 2.59. The average molecular weight is 340 g/mol. The predicted molar refractivity (Wildman–Crippen MR) is 89.5 cm³/mol. The molecule has 0 unspecified atom stereocenters. The first-order chi connectivity index (χ1) is 12.1. The third kappa shape index (κ3) is 2.97. The fraction of sp³-hybridized carbons (Fsp3) is 0.389. The van der Waals surface area contributed by atoms with Crippen LogP contribution in [0, 0.1) is 6.92 Å². The van der Waals surface area contributed by atoms with Crippen LogP contribution in [0.2, 0.25) is 0 Å². The Bertz CT molecular complexity index is 878. The van der Waals surface area contributed by atoms with Gasteiger partial charge in [0.2, 0.25) is 5.91 Å². The Morgan fingerprint density at radius 1 is 1.44 bits per heavy atom. The van der Waals surface area contributed by atoms with Crippen LogP contribution in [0.1, 0.15) is 35.9 Å². The number of rotatable bonds is 4. The molecule has 130 valence electrons. The van der Waals surface area contributed by atoms with E-state index in [4.69, 9.17) is 8.83 Å². The van der Waals surface area contributed by atoms with Crippen LogP contribution in [0.3, 0.4) is 0 Å². The molecule has 1 aliphatic rings. The zero-order valence-electron chi connectivity index (χ0n) is 14.3. The average Bonchev–Trinajstić information content (AvgIpc) is 3.33. The molecule has 4 heterocycles. The molecule has 0 spiro atoms. The number of amides is 1. The Morgan fingerprint density at radius 2 is 2.32 bits per heavy atom. The fourth-order valence-corrected chi connectivity index (χ4v) is 3.37. The standard InChI is InChI=1S/C18H20N4O3/c1-12-14(20-18(25-12)16-6-4-8-24-16)9-17(23)22-7-3-5-15(22)13-10-19-21(2)11-13/h4,6,8,10-11,15H,3,5,7,9H2,1-2H3/t15-/m1/s1. The van der Waals surface area contributed by atoms with E-state index in [-0.39, 0.29) is 18.4 Å². The lowest BCUT2D eigenvalue weighted by molar-refractivity contribution is -0.131. The second kappa shape index (κ2) is 6.23. The molecule has 0 radical (unpaired) electrons. The van der Waals surface area contributed by atoms with Crippen molar-refractivity contribution in [3.63, 3.8) is 0 Å². The highest BCUT2D eigenvalue weighted by Gasteiger charge is 2.31. The van der Waals surface area contributed by atoms with Gasteiger partial charge in [-0.2, -0.15) is 5.10 Å². The van der Waals surface area contributed by atoms with Crippen LogP contribution in [0.4, 0.5) is 0 Å². The fourth-order valence-electron chi connectivity index (χ4n) is 3.37. The molecular formula is C18H20N4O3. The second-order valence-corrected chi connectivity index (χ2v) is 6.37. The minimum Gasteiger partial charge on any atom is -0.459 e. The number of aromatic nitrogens is 3. The van der Waals surface area contributed by atoms with E-state index >= 15 is 0 Å². The first kappa shape index (κ1) is 15.7. The number of oxazole rings is 1. The Morgan fingerprint density at radius 3 is 3.04 bits per heavy atom. The van der Waals surface area contributed by atoms with Crippen molar-refractivity contribution in [2.24, 2.45) is 7.05 Å². The van der Waals surface area contributed by atoms with Crippen LogP contribution < -0.4 is 0 Å². The van der Waals surface area contributed by atoms with Gasteiger partial charge in [-0.1, -0.05) is 0 Å². The molecule has 0 aromatic carbocycles. The Hall–Kier alpha value is -2.83. The van der Waals surface area contributed by atoms with Crippen molar-refractivity contribution < 1.29 is 13.6 Å². The molecule has 1 atom stereocenters. The molecule has 0 bridgehead atoms. The van der Waals surface area contributed by atoms with E-state index < -0.39 is 0 Å². The molecule has 1 saturated heterocycles. The normalized spacial score (nSPS) is 17.4. The summed E-state index contributed by atoms with van der Waals surface area (Å²) in [4.78, 5) is 19.2. The molecule has 7 nitrogen and oxygen atoms in total. The summed E-state index contributed by atoms with van der Waals surface area (Å²) in [5.74, 6) is 1.69. The second-order valence-electron chi connectivity index (χ2n) is 6.37. The van der Waals surface area contributed by atoms with Crippen molar-refractivity contribution in [3.05, 3.63) is 47.8 Å². The number of carbonyl (C=O) groups is 1. The number of likely N-dealkylation sites (tertiary alicyclic amines) is 1. The van der Waals surface area contributed by atoms with Crippen molar-refractivity contribution in [1.82, 2.24) is 19.7 Å². The third-order valence-electron chi connectivity index (χ3n) is 4.63. The number of carbonyl (C=O) groups excluding carboxylic acids is 1. The monoisotopic (exact) mass is 340 g/mol. The minimum absolute atomic E-state index is 0.0637. The maximum absolute atomic E-state index is 12.8. The van der Waals surface area contributed by atoms with Gasteiger partial charge in [-0.05, 0) is 31.9 Å². The largest absolute Gasteiger partial charge is 0.459 e. The maximum atomic E-state index is 12.8. The van der Waals surface area contributed by atoms with Crippen LogP contribution in [-0.4, -0.2) is 32.1 Å². The zero-order valence-corrected chi connectivity index (χ0v) is 14.3. The minimum atomic E-state index is 0.0637. The summed E-state index contributed by atoms with van der Waals surface area (Å²) < 4.78 is 12.7. The van der Waals surface area contributed by atoms with Crippen LogP contribution >= 0.6 is 0 Å². The molecule has 1 amide bonds. The molecule has 7 heteroatoms. The first-order valence-electron chi connectivity index (χ1n) is 8.40. The van der Waals surface area contributed by atoms with Gasteiger partial charge >= 0.3 is 0 Å². The number of aryl methyl sites for hydroxylation is 2. The SMILES string of the molecule is Cc1oc(-c2ccco2)nc1CC(=O)N1CCC[C@@H]1c1cnn(C)c1. The predicted octanol–water partition coefficient (Wildman–Crippen LogP) is 2.88. The lowest BCUT2D eigenvalue weighted by Crippen LogP contribution is -2.32. The van der Waals surface area contributed by atoms with E-state index in [1.807, 2.05) is 31.3 Å². The van der Waals surface area contributed by atoms with Gasteiger partial charge in [0, 0.05) is 25.4 Å². The molecule has 0 N–H and O–H groups in total. The molecular weight excluding hydrogens is 320 g/mol. The summed E-state index contributed by atoms with van der Waals surface area (Å²) >= 11 is 0. The van der Waals surface area contributed by atoms with Gasteiger partial charge in [-0.25, -0.2) is 4.98 Å². The van der Waals surface area contributed by atoms with E-state index in [0.29, 0.717) is 23.1 Å². The molecule has 1 aliphatic heterocycles. The van der Waals surface area contributed by atoms with Gasteiger partial charge in [0.15, 0.2) is 5.76 Å². The molecule has 3 aromatic heterocycles. The van der Waals surface area contributed by atoms with Crippen LogP contribution in [0.25, 0.3) is 11.7 Å². The highest BCUT2D eigenvalue weighted by atomic mass is 16.4. The number of furan rings is 1. The summed E-state index contributed by atoms with van der Waals surface area (Å²) in [6.07, 6.45) is 7.59. The van der Waals surface area contributed by atoms with Gasteiger partial charge in [0.1, 0.15) is 5.76 Å². The number of hydrogen-bond donors (Lipinski definition) is 0. The van der Waals surface area contributed by atoms with Crippen LogP contribution in [0.15, 0.2) is 39.6 Å². The molecule has 0 aliphatic carbocycles. The highest BCUT2D eigenvalue weighted by Crippen LogP contribution is 2.32. The molecule has 25 heavy (non-hydrogen) atoms. The summed E-state index contributed by atoms with van der Waals surface area (Å²) in [5.41, 5.74) is 1.75. The van der Waals surface area contributed by atoms with E-state index in [2.05, 4.69) is 10.1 Å². The van der Waals surface area contributed by atoms with Crippen molar-refractivity contribution in [2.75, 3.05) is 6.54 Å². The lowest BCUT2D eigenvalue weighted by atomic mass is 10.1. The summed E-state index contributed by atoms with van der Waals surface area (Å²) in [6, 6.07) is 3.66. The highest BCUT2D eigenvalue weighted by molar-refractivity contribution is 5.79. The number of nitrogens with zero attached hydrogens (tertiary/aromatic N) is 4. The maximum Gasteiger partial charge on any atom is 0.263 e. The van der Waals surface area contributed by atoms with E-state index in [1.165, 1.54) is 0 Å². The van der Waals surface area contributed by atoms with Crippen molar-refractivity contribution in [3.8, 4) is 11.7 Å². The van der Waals surface area contributed by atoms with Gasteiger partial charge < -0.3 is 13.7 Å². The smallest absolute Gasteiger partial charge is 0.263 e. The van der Waals surface area contributed by atoms with E-state index in [9.17, 15) is 4.79 Å². The first-order valence-corrected chi connectivity index (χ1v) is 8.40. The van der Waals surface area contributed by atoms with Crippen LogP contribution in [-0.2, 0) is 18.3 Å². The van der Waals surface area contributed by atoms with Crippen molar-refractivity contribution in [1.29, 1.82) is 0 Å².